The van der Waals surface area contributed by atoms with Crippen molar-refractivity contribution in [3.63, 3.8) is 0 Å². The topological polar surface area (TPSA) is 92.5 Å². The van der Waals surface area contributed by atoms with E-state index in [1.54, 1.807) is 19.1 Å². The number of hydrogen-bond acceptors (Lipinski definition) is 5. The molecular formula is C17H29Cl2N3O3S. The first-order valence-corrected chi connectivity index (χ1v) is 10.1. The van der Waals surface area contributed by atoms with Gasteiger partial charge in [-0.1, -0.05) is 6.92 Å². The molecule has 3 N–H and O–H groups in total. The molecule has 9 heteroatoms. The normalized spacial score (nSPS) is 16.2. The Labute approximate surface area is 168 Å². The van der Waals surface area contributed by atoms with E-state index in [4.69, 9.17) is 5.73 Å². The van der Waals surface area contributed by atoms with Gasteiger partial charge in [-0.15, -0.1) is 24.8 Å². The summed E-state index contributed by atoms with van der Waals surface area (Å²) >= 11 is 0. The zero-order valence-electron chi connectivity index (χ0n) is 15.2. The third-order valence-electron chi connectivity index (χ3n) is 4.31. The van der Waals surface area contributed by atoms with E-state index in [0.29, 0.717) is 11.3 Å². The van der Waals surface area contributed by atoms with E-state index in [1.165, 1.54) is 0 Å². The van der Waals surface area contributed by atoms with Crippen molar-refractivity contribution in [2.24, 2.45) is 5.73 Å². The highest BCUT2D eigenvalue weighted by atomic mass is 35.5. The number of carbonyl (C=O) groups excluding carboxylic acids is 1. The molecule has 0 bridgehead atoms. The molecular weight excluding hydrogens is 397 g/mol. The van der Waals surface area contributed by atoms with E-state index >= 15 is 0 Å². The van der Waals surface area contributed by atoms with Crippen LogP contribution in [0.15, 0.2) is 29.2 Å². The fourth-order valence-electron chi connectivity index (χ4n) is 2.89. The average Bonchev–Trinajstić information content (AvgIpc) is 2.55. The van der Waals surface area contributed by atoms with Crippen LogP contribution in [0.3, 0.4) is 0 Å². The fourth-order valence-corrected chi connectivity index (χ4v) is 3.78. The number of carbonyl (C=O) groups is 1. The minimum Gasteiger partial charge on any atom is -0.371 e. The first-order valence-electron chi connectivity index (χ1n) is 8.44. The average molecular weight is 426 g/mol. The number of nitrogens with zero attached hydrogens (tertiary/aromatic N) is 1. The van der Waals surface area contributed by atoms with Gasteiger partial charge in [-0.3, -0.25) is 4.79 Å². The number of halogens is 2. The van der Waals surface area contributed by atoms with Gasteiger partial charge in [0.2, 0.25) is 5.91 Å². The number of nitrogens with one attached hydrogen (secondary N) is 1. The minimum absolute atomic E-state index is 0. The van der Waals surface area contributed by atoms with Gasteiger partial charge in [-0.2, -0.15) is 0 Å². The lowest BCUT2D eigenvalue weighted by molar-refractivity contribution is -0.122. The minimum atomic E-state index is -3.15. The van der Waals surface area contributed by atoms with Crippen LogP contribution < -0.4 is 16.0 Å². The van der Waals surface area contributed by atoms with Gasteiger partial charge < -0.3 is 16.0 Å². The van der Waals surface area contributed by atoms with Gasteiger partial charge in [0.1, 0.15) is 0 Å². The SMILES string of the molecule is CCS(=O)(=O)c1ccc(N2CCC(NC(=O)CC(C)N)CC2)cc1.Cl.Cl. The molecule has 1 saturated heterocycles. The maximum atomic E-state index is 11.8. The van der Waals surface area contributed by atoms with Crippen LogP contribution in [0.1, 0.15) is 33.1 Å². The largest absolute Gasteiger partial charge is 0.371 e. The molecule has 0 spiro atoms. The lowest BCUT2D eigenvalue weighted by Crippen LogP contribution is -2.45. The molecule has 1 aromatic carbocycles. The van der Waals surface area contributed by atoms with Gasteiger partial charge in [0.15, 0.2) is 9.84 Å². The molecule has 26 heavy (non-hydrogen) atoms. The Hall–Kier alpha value is -1.02. The Morgan fingerprint density at radius 1 is 1.23 bits per heavy atom. The van der Waals surface area contributed by atoms with Crippen molar-refractivity contribution in [3.8, 4) is 0 Å². The van der Waals surface area contributed by atoms with E-state index in [-0.39, 0.29) is 48.6 Å². The summed E-state index contributed by atoms with van der Waals surface area (Å²) in [6, 6.07) is 7.13. The molecule has 1 aromatic rings. The third kappa shape index (κ3) is 6.95. The summed E-state index contributed by atoms with van der Waals surface area (Å²) in [6.07, 6.45) is 2.10. The van der Waals surface area contributed by atoms with Crippen LogP contribution in [0.5, 0.6) is 0 Å². The second kappa shape index (κ2) is 11.0. The second-order valence-corrected chi connectivity index (χ2v) is 8.69. The molecule has 1 heterocycles. The molecule has 1 unspecified atom stereocenters. The smallest absolute Gasteiger partial charge is 0.221 e. The van der Waals surface area contributed by atoms with Gasteiger partial charge in [0.05, 0.1) is 10.6 Å². The summed E-state index contributed by atoms with van der Waals surface area (Å²) in [5.41, 5.74) is 6.66. The maximum Gasteiger partial charge on any atom is 0.221 e. The van der Waals surface area contributed by atoms with Gasteiger partial charge in [0.25, 0.3) is 0 Å². The van der Waals surface area contributed by atoms with Gasteiger partial charge in [-0.05, 0) is 44.0 Å². The first kappa shape index (κ1) is 25.0. The predicted octanol–water partition coefficient (Wildman–Crippen LogP) is 2.15. The highest BCUT2D eigenvalue weighted by Crippen LogP contribution is 2.22. The quantitative estimate of drug-likeness (QED) is 0.727. The van der Waals surface area contributed by atoms with Crippen molar-refractivity contribution in [1.29, 1.82) is 0 Å². The monoisotopic (exact) mass is 425 g/mol. The highest BCUT2D eigenvalue weighted by molar-refractivity contribution is 7.91. The fraction of sp³-hybridized carbons (Fsp3) is 0.588. The number of hydrogen-bond donors (Lipinski definition) is 2. The Balaban J connectivity index is 0.00000312. The molecule has 1 atom stereocenters. The standard InChI is InChI=1S/C17H27N3O3S.2ClH/c1-3-24(22,23)16-6-4-15(5-7-16)20-10-8-14(9-11-20)19-17(21)12-13(2)18;;/h4-7,13-14H,3,8-12,18H2,1-2H3,(H,19,21);2*1H. The summed E-state index contributed by atoms with van der Waals surface area (Å²) in [5, 5.41) is 3.03. The van der Waals surface area contributed by atoms with Crippen LogP contribution in [-0.4, -0.2) is 45.3 Å². The van der Waals surface area contributed by atoms with Crippen molar-refractivity contribution in [2.75, 3.05) is 23.7 Å². The van der Waals surface area contributed by atoms with Crippen molar-refractivity contribution in [2.45, 2.75) is 50.1 Å². The van der Waals surface area contributed by atoms with Crippen LogP contribution in [0.25, 0.3) is 0 Å². The Morgan fingerprint density at radius 3 is 2.23 bits per heavy atom. The van der Waals surface area contributed by atoms with Crippen LogP contribution in [0.4, 0.5) is 5.69 Å². The number of rotatable bonds is 6. The number of sulfone groups is 1. The highest BCUT2D eigenvalue weighted by Gasteiger charge is 2.21. The number of nitrogens with two attached hydrogens (primary N) is 1. The molecule has 0 saturated carbocycles. The number of anilines is 1. The van der Waals surface area contributed by atoms with Crippen molar-refractivity contribution < 1.29 is 13.2 Å². The zero-order valence-corrected chi connectivity index (χ0v) is 17.6. The number of piperidine rings is 1. The van der Waals surface area contributed by atoms with Crippen molar-refractivity contribution in [1.82, 2.24) is 5.32 Å². The van der Waals surface area contributed by atoms with Gasteiger partial charge in [0, 0.05) is 37.3 Å². The van der Waals surface area contributed by atoms with E-state index in [1.807, 2.05) is 19.1 Å². The molecule has 1 amide bonds. The molecule has 0 aromatic heterocycles. The third-order valence-corrected chi connectivity index (χ3v) is 6.06. The summed E-state index contributed by atoms with van der Waals surface area (Å²) in [5.74, 6) is 0.122. The summed E-state index contributed by atoms with van der Waals surface area (Å²) in [6.45, 7) is 5.14. The Morgan fingerprint density at radius 2 is 1.77 bits per heavy atom. The first-order chi connectivity index (χ1) is 11.3. The summed E-state index contributed by atoms with van der Waals surface area (Å²) in [7, 11) is -3.15. The van der Waals surface area contributed by atoms with Gasteiger partial charge in [-0.25, -0.2) is 8.42 Å². The maximum absolute atomic E-state index is 11.8. The molecule has 1 aliphatic heterocycles. The van der Waals surface area contributed by atoms with E-state index in [2.05, 4.69) is 10.2 Å². The van der Waals surface area contributed by atoms with Crippen LogP contribution in [0, 0.1) is 0 Å². The lowest BCUT2D eigenvalue weighted by atomic mass is 10.0. The molecule has 6 nitrogen and oxygen atoms in total. The molecule has 0 aliphatic carbocycles. The Bertz CT molecular complexity index is 658. The molecule has 1 aliphatic rings. The summed E-state index contributed by atoms with van der Waals surface area (Å²) in [4.78, 5) is 14.4. The van der Waals surface area contributed by atoms with Crippen molar-refractivity contribution in [3.05, 3.63) is 24.3 Å². The predicted molar refractivity (Wildman–Crippen MR) is 110 cm³/mol. The number of amides is 1. The van der Waals surface area contributed by atoms with Crippen molar-refractivity contribution >= 4 is 46.2 Å². The van der Waals surface area contributed by atoms with Gasteiger partial charge >= 0.3 is 0 Å². The number of benzene rings is 1. The Kier molecular flexibility index (Phi) is 10.5. The van der Waals surface area contributed by atoms with Crippen LogP contribution >= 0.6 is 24.8 Å². The zero-order chi connectivity index (χ0) is 17.7. The summed E-state index contributed by atoms with van der Waals surface area (Å²) < 4.78 is 23.7. The van der Waals surface area contributed by atoms with E-state index in [9.17, 15) is 13.2 Å². The molecule has 0 radical (unpaired) electrons. The van der Waals surface area contributed by atoms with Crippen LogP contribution in [-0.2, 0) is 14.6 Å². The molecule has 2 rings (SSSR count). The van der Waals surface area contributed by atoms with E-state index in [0.717, 1.165) is 31.6 Å². The van der Waals surface area contributed by atoms with E-state index < -0.39 is 9.84 Å². The lowest BCUT2D eigenvalue weighted by Gasteiger charge is -2.34. The second-order valence-electron chi connectivity index (χ2n) is 6.41. The molecule has 1 fully saturated rings. The molecule has 150 valence electrons. The van der Waals surface area contributed by atoms with Crippen LogP contribution in [0.2, 0.25) is 0 Å².